The summed E-state index contributed by atoms with van der Waals surface area (Å²) in [5.41, 5.74) is -0.0769. The zero-order valence-electron chi connectivity index (χ0n) is 8.55. The first-order valence-corrected chi connectivity index (χ1v) is 5.08. The SMILES string of the molecule is CN1CCC2(CC1)C(=O)CCN2C. The van der Waals surface area contributed by atoms with Crippen molar-refractivity contribution in [1.29, 1.82) is 0 Å². The third kappa shape index (κ3) is 1.30. The van der Waals surface area contributed by atoms with Gasteiger partial charge in [0.1, 0.15) is 0 Å². The number of hydrogen-bond donors (Lipinski definition) is 0. The van der Waals surface area contributed by atoms with Gasteiger partial charge in [0.25, 0.3) is 0 Å². The highest BCUT2D eigenvalue weighted by Gasteiger charge is 2.47. The Morgan fingerprint density at radius 1 is 1.15 bits per heavy atom. The topological polar surface area (TPSA) is 23.6 Å². The molecule has 0 atom stereocenters. The predicted octanol–water partition coefficient (Wildman–Crippen LogP) is 0.355. The van der Waals surface area contributed by atoms with E-state index in [2.05, 4.69) is 23.9 Å². The van der Waals surface area contributed by atoms with E-state index in [1.54, 1.807) is 0 Å². The summed E-state index contributed by atoms with van der Waals surface area (Å²) < 4.78 is 0. The van der Waals surface area contributed by atoms with Crippen LogP contribution in [0.3, 0.4) is 0 Å². The van der Waals surface area contributed by atoms with Gasteiger partial charge in [-0.15, -0.1) is 0 Å². The number of likely N-dealkylation sites (N-methyl/N-ethyl adjacent to an activating group) is 1. The summed E-state index contributed by atoms with van der Waals surface area (Å²) in [5, 5.41) is 0. The Morgan fingerprint density at radius 3 is 2.23 bits per heavy atom. The average molecular weight is 182 g/mol. The largest absolute Gasteiger partial charge is 0.306 e. The van der Waals surface area contributed by atoms with E-state index >= 15 is 0 Å². The minimum atomic E-state index is -0.0769. The molecular weight excluding hydrogens is 164 g/mol. The van der Waals surface area contributed by atoms with Gasteiger partial charge < -0.3 is 4.90 Å². The molecule has 0 aromatic carbocycles. The zero-order valence-corrected chi connectivity index (χ0v) is 8.55. The Morgan fingerprint density at radius 2 is 1.77 bits per heavy atom. The highest BCUT2D eigenvalue weighted by atomic mass is 16.1. The molecule has 0 amide bonds. The number of carbonyl (C=O) groups is 1. The lowest BCUT2D eigenvalue weighted by molar-refractivity contribution is -0.127. The summed E-state index contributed by atoms with van der Waals surface area (Å²) in [6.07, 6.45) is 2.82. The first-order valence-electron chi connectivity index (χ1n) is 5.08. The van der Waals surface area contributed by atoms with Gasteiger partial charge in [0.15, 0.2) is 5.78 Å². The Labute approximate surface area is 79.7 Å². The molecule has 0 N–H and O–H groups in total. The molecule has 0 bridgehead atoms. The van der Waals surface area contributed by atoms with E-state index in [4.69, 9.17) is 0 Å². The van der Waals surface area contributed by atoms with Gasteiger partial charge in [-0.3, -0.25) is 9.69 Å². The van der Waals surface area contributed by atoms with Crippen LogP contribution in [0.15, 0.2) is 0 Å². The van der Waals surface area contributed by atoms with Gasteiger partial charge in [0, 0.05) is 26.1 Å². The third-order valence-electron chi connectivity index (χ3n) is 3.74. The molecule has 0 radical (unpaired) electrons. The molecule has 3 nitrogen and oxygen atoms in total. The maximum Gasteiger partial charge on any atom is 0.154 e. The molecule has 2 heterocycles. The standard InChI is InChI=1S/C10H18N2O/c1-11-7-4-10(5-8-11)9(13)3-6-12(10)2/h3-8H2,1-2H3. The molecule has 2 fully saturated rings. The fourth-order valence-electron chi connectivity index (χ4n) is 2.58. The summed E-state index contributed by atoms with van der Waals surface area (Å²) >= 11 is 0. The fourth-order valence-corrected chi connectivity index (χ4v) is 2.58. The highest BCUT2D eigenvalue weighted by molar-refractivity contribution is 5.90. The molecule has 0 saturated carbocycles. The van der Waals surface area contributed by atoms with Crippen molar-refractivity contribution in [2.75, 3.05) is 33.7 Å². The second kappa shape index (κ2) is 3.07. The monoisotopic (exact) mass is 182 g/mol. The molecule has 3 heteroatoms. The van der Waals surface area contributed by atoms with Crippen molar-refractivity contribution in [1.82, 2.24) is 9.80 Å². The molecule has 0 unspecified atom stereocenters. The minimum Gasteiger partial charge on any atom is -0.306 e. The van der Waals surface area contributed by atoms with Crippen LogP contribution in [0.1, 0.15) is 19.3 Å². The molecule has 2 aliphatic heterocycles. The van der Waals surface area contributed by atoms with Crippen LogP contribution in [0.4, 0.5) is 0 Å². The van der Waals surface area contributed by atoms with E-state index in [0.29, 0.717) is 5.78 Å². The molecule has 0 aromatic heterocycles. The number of hydrogen-bond acceptors (Lipinski definition) is 3. The molecule has 74 valence electrons. The number of rotatable bonds is 0. The van der Waals surface area contributed by atoms with Crippen molar-refractivity contribution < 1.29 is 4.79 Å². The minimum absolute atomic E-state index is 0.0769. The van der Waals surface area contributed by atoms with Crippen LogP contribution in [0.5, 0.6) is 0 Å². The number of nitrogens with zero attached hydrogens (tertiary/aromatic N) is 2. The van der Waals surface area contributed by atoms with Crippen LogP contribution in [-0.4, -0.2) is 54.9 Å². The van der Waals surface area contributed by atoms with Gasteiger partial charge in [-0.1, -0.05) is 0 Å². The number of likely N-dealkylation sites (tertiary alicyclic amines) is 2. The van der Waals surface area contributed by atoms with Crippen molar-refractivity contribution in [3.8, 4) is 0 Å². The maximum atomic E-state index is 11.8. The Kier molecular flexibility index (Phi) is 2.16. The van der Waals surface area contributed by atoms with Crippen LogP contribution < -0.4 is 0 Å². The molecule has 2 aliphatic rings. The first kappa shape index (κ1) is 9.16. The molecule has 1 spiro atoms. The van der Waals surface area contributed by atoms with Gasteiger partial charge in [-0.05, 0) is 26.9 Å². The van der Waals surface area contributed by atoms with Gasteiger partial charge >= 0.3 is 0 Å². The van der Waals surface area contributed by atoms with E-state index < -0.39 is 0 Å². The summed E-state index contributed by atoms with van der Waals surface area (Å²) in [6.45, 7) is 3.09. The number of ketones is 1. The van der Waals surface area contributed by atoms with Crippen LogP contribution in [-0.2, 0) is 4.79 Å². The number of carbonyl (C=O) groups excluding carboxylic acids is 1. The Hall–Kier alpha value is -0.410. The van der Waals surface area contributed by atoms with Crippen molar-refractivity contribution in [3.05, 3.63) is 0 Å². The lowest BCUT2D eigenvalue weighted by atomic mass is 9.84. The summed E-state index contributed by atoms with van der Waals surface area (Å²) in [5.74, 6) is 0.475. The normalized spacial score (nSPS) is 30.2. The Bertz CT molecular complexity index is 219. The molecule has 2 saturated heterocycles. The van der Waals surface area contributed by atoms with Crippen molar-refractivity contribution in [2.24, 2.45) is 0 Å². The van der Waals surface area contributed by atoms with Crippen LogP contribution in [0, 0.1) is 0 Å². The van der Waals surface area contributed by atoms with E-state index in [-0.39, 0.29) is 5.54 Å². The average Bonchev–Trinajstić information content (AvgIpc) is 2.39. The summed E-state index contributed by atoms with van der Waals surface area (Å²) in [4.78, 5) is 16.4. The smallest absolute Gasteiger partial charge is 0.154 e. The summed E-state index contributed by atoms with van der Waals surface area (Å²) in [7, 11) is 4.22. The fraction of sp³-hybridized carbons (Fsp3) is 0.900. The van der Waals surface area contributed by atoms with Crippen LogP contribution >= 0.6 is 0 Å². The second-order valence-electron chi connectivity index (χ2n) is 4.43. The van der Waals surface area contributed by atoms with Crippen molar-refractivity contribution >= 4 is 5.78 Å². The quantitative estimate of drug-likeness (QED) is 0.540. The van der Waals surface area contributed by atoms with Gasteiger partial charge in [-0.25, -0.2) is 0 Å². The molecule has 2 rings (SSSR count). The van der Waals surface area contributed by atoms with Gasteiger partial charge in [-0.2, -0.15) is 0 Å². The summed E-state index contributed by atoms with van der Waals surface area (Å²) in [6, 6.07) is 0. The lowest BCUT2D eigenvalue weighted by Crippen LogP contribution is -2.53. The Balaban J connectivity index is 2.15. The second-order valence-corrected chi connectivity index (χ2v) is 4.43. The molecule has 0 aliphatic carbocycles. The highest BCUT2D eigenvalue weighted by Crippen LogP contribution is 2.33. The van der Waals surface area contributed by atoms with E-state index in [0.717, 1.165) is 38.9 Å². The van der Waals surface area contributed by atoms with Crippen LogP contribution in [0.25, 0.3) is 0 Å². The van der Waals surface area contributed by atoms with Gasteiger partial charge in [0.2, 0.25) is 0 Å². The number of Topliss-reactive ketones (excluding diaryl/α,β-unsaturated/α-hetero) is 1. The molecule has 0 aromatic rings. The van der Waals surface area contributed by atoms with E-state index in [9.17, 15) is 4.79 Å². The first-order chi connectivity index (χ1) is 6.15. The zero-order chi connectivity index (χ0) is 9.47. The van der Waals surface area contributed by atoms with E-state index in [1.165, 1.54) is 0 Å². The molecular formula is C10H18N2O. The van der Waals surface area contributed by atoms with Gasteiger partial charge in [0.05, 0.1) is 5.54 Å². The molecule has 13 heavy (non-hydrogen) atoms. The lowest BCUT2D eigenvalue weighted by Gasteiger charge is -2.41. The predicted molar refractivity (Wildman–Crippen MR) is 51.7 cm³/mol. The van der Waals surface area contributed by atoms with Crippen molar-refractivity contribution in [2.45, 2.75) is 24.8 Å². The van der Waals surface area contributed by atoms with Crippen LogP contribution in [0.2, 0.25) is 0 Å². The third-order valence-corrected chi connectivity index (χ3v) is 3.74. The van der Waals surface area contributed by atoms with Crippen molar-refractivity contribution in [3.63, 3.8) is 0 Å². The number of piperidine rings is 1. The van der Waals surface area contributed by atoms with E-state index in [1.807, 2.05) is 0 Å². The maximum absolute atomic E-state index is 11.8.